The molecule has 0 aliphatic heterocycles. The normalized spacial score (nSPS) is 12.3. The summed E-state index contributed by atoms with van der Waals surface area (Å²) in [6.07, 6.45) is 0. The van der Waals surface area contributed by atoms with E-state index >= 15 is 0 Å². The minimum atomic E-state index is -0.458. The number of nitrogens with one attached hydrogen (secondary N) is 1. The van der Waals surface area contributed by atoms with Gasteiger partial charge in [0.2, 0.25) is 0 Å². The molecule has 0 bridgehead atoms. The maximum Gasteiger partial charge on any atom is 0.327 e. The van der Waals surface area contributed by atoms with E-state index in [2.05, 4.69) is 5.32 Å². The van der Waals surface area contributed by atoms with E-state index in [1.165, 1.54) is 0 Å². The lowest BCUT2D eigenvalue weighted by atomic mass is 10.1. The Morgan fingerprint density at radius 3 is 2.58 bits per heavy atom. The molecule has 0 aliphatic carbocycles. The van der Waals surface area contributed by atoms with Crippen LogP contribution in [0.15, 0.2) is 24.3 Å². The van der Waals surface area contributed by atoms with Crippen LogP contribution in [0.25, 0.3) is 0 Å². The monoisotopic (exact) mass is 265 g/mol. The summed E-state index contributed by atoms with van der Waals surface area (Å²) >= 11 is 0. The minimum Gasteiger partial charge on any atom is -0.494 e. The maximum atomic E-state index is 12.0. The van der Waals surface area contributed by atoms with Gasteiger partial charge in [-0.3, -0.25) is 5.32 Å². The van der Waals surface area contributed by atoms with Crippen molar-refractivity contribution < 1.29 is 14.3 Å². The first-order valence-corrected chi connectivity index (χ1v) is 6.73. The van der Waals surface area contributed by atoms with Gasteiger partial charge in [-0.15, -0.1) is 0 Å². The Kier molecular flexibility index (Phi) is 6.36. The van der Waals surface area contributed by atoms with Crippen LogP contribution >= 0.6 is 0 Å². The lowest BCUT2D eigenvalue weighted by Crippen LogP contribution is -2.34. The summed E-state index contributed by atoms with van der Waals surface area (Å²) in [6, 6.07) is 7.27. The predicted octanol–water partition coefficient (Wildman–Crippen LogP) is 2.69. The van der Waals surface area contributed by atoms with Crippen molar-refractivity contribution in [2.24, 2.45) is 0 Å². The molecule has 1 N–H and O–H groups in total. The van der Waals surface area contributed by atoms with Crippen LogP contribution < -0.4 is 10.1 Å². The molecule has 0 saturated heterocycles. The van der Waals surface area contributed by atoms with Crippen LogP contribution in [-0.4, -0.2) is 25.2 Å². The van der Waals surface area contributed by atoms with Crippen LogP contribution in [0.4, 0.5) is 0 Å². The molecule has 0 aromatic heterocycles. The van der Waals surface area contributed by atoms with Crippen molar-refractivity contribution in [1.29, 1.82) is 0 Å². The zero-order valence-corrected chi connectivity index (χ0v) is 12.1. The molecule has 1 rings (SSSR count). The van der Waals surface area contributed by atoms with Gasteiger partial charge in [0.1, 0.15) is 11.8 Å². The average Bonchev–Trinajstić information content (AvgIpc) is 2.37. The third-order valence-electron chi connectivity index (χ3n) is 2.52. The number of hydrogen-bond donors (Lipinski definition) is 1. The highest BCUT2D eigenvalue weighted by molar-refractivity contribution is 5.77. The van der Waals surface area contributed by atoms with E-state index in [0.29, 0.717) is 13.2 Å². The number of hydrogen-bond acceptors (Lipinski definition) is 4. The fourth-order valence-electron chi connectivity index (χ4n) is 1.81. The van der Waals surface area contributed by atoms with Crippen molar-refractivity contribution in [2.75, 3.05) is 13.2 Å². The van der Waals surface area contributed by atoms with Gasteiger partial charge in [-0.1, -0.05) is 12.1 Å². The Morgan fingerprint density at radius 2 is 2.00 bits per heavy atom. The minimum absolute atomic E-state index is 0.185. The number of benzene rings is 1. The lowest BCUT2D eigenvalue weighted by molar-refractivity contribution is -0.146. The molecule has 4 heteroatoms. The van der Waals surface area contributed by atoms with E-state index in [1.807, 2.05) is 45.0 Å². The molecule has 1 aromatic rings. The highest BCUT2D eigenvalue weighted by atomic mass is 16.5. The second-order valence-electron chi connectivity index (χ2n) is 4.51. The van der Waals surface area contributed by atoms with E-state index in [4.69, 9.17) is 9.47 Å². The predicted molar refractivity (Wildman–Crippen MR) is 75.3 cm³/mol. The molecule has 1 atom stereocenters. The second kappa shape index (κ2) is 7.79. The fraction of sp³-hybridized carbons (Fsp3) is 0.533. The molecule has 0 amide bonds. The summed E-state index contributed by atoms with van der Waals surface area (Å²) in [4.78, 5) is 12.0. The number of carbonyl (C=O) groups excluding carboxylic acids is 1. The molecule has 0 radical (unpaired) electrons. The number of ether oxygens (including phenoxy) is 2. The van der Waals surface area contributed by atoms with Crippen molar-refractivity contribution >= 4 is 5.97 Å². The molecular weight excluding hydrogens is 242 g/mol. The summed E-state index contributed by atoms with van der Waals surface area (Å²) in [5, 5.41) is 3.22. The molecule has 0 fully saturated rings. The van der Waals surface area contributed by atoms with Crippen molar-refractivity contribution in [3.63, 3.8) is 0 Å². The molecule has 0 aliphatic rings. The summed E-state index contributed by atoms with van der Waals surface area (Å²) in [7, 11) is 0. The van der Waals surface area contributed by atoms with Gasteiger partial charge in [-0.05, 0) is 45.4 Å². The van der Waals surface area contributed by atoms with Gasteiger partial charge in [0.05, 0.1) is 13.2 Å². The van der Waals surface area contributed by atoms with Crippen LogP contribution in [0.3, 0.4) is 0 Å². The summed E-state index contributed by atoms with van der Waals surface area (Å²) in [6.45, 7) is 8.71. The zero-order valence-electron chi connectivity index (χ0n) is 12.1. The van der Waals surface area contributed by atoms with E-state index in [9.17, 15) is 4.79 Å². The fourth-order valence-corrected chi connectivity index (χ4v) is 1.81. The molecule has 1 unspecified atom stereocenters. The van der Waals surface area contributed by atoms with Gasteiger partial charge in [-0.2, -0.15) is 0 Å². The van der Waals surface area contributed by atoms with Crippen LogP contribution in [0, 0.1) is 0 Å². The first-order valence-electron chi connectivity index (χ1n) is 6.73. The van der Waals surface area contributed by atoms with Crippen LogP contribution in [0.2, 0.25) is 0 Å². The Balaban J connectivity index is 2.95. The van der Waals surface area contributed by atoms with E-state index in [-0.39, 0.29) is 12.0 Å². The van der Waals surface area contributed by atoms with Gasteiger partial charge in [0.25, 0.3) is 0 Å². The van der Waals surface area contributed by atoms with Crippen LogP contribution in [0.5, 0.6) is 5.75 Å². The molecule has 0 saturated carbocycles. The topological polar surface area (TPSA) is 47.6 Å². The number of rotatable bonds is 7. The first-order chi connectivity index (χ1) is 9.08. The highest BCUT2D eigenvalue weighted by Crippen LogP contribution is 2.21. The van der Waals surface area contributed by atoms with Gasteiger partial charge < -0.3 is 9.47 Å². The molecule has 19 heavy (non-hydrogen) atoms. The third kappa shape index (κ3) is 4.91. The zero-order chi connectivity index (χ0) is 14.3. The standard InChI is InChI=1S/C15H23NO3/c1-5-18-13-9-7-8-12(10-13)14(16-11(3)4)15(17)19-6-2/h7-11,14,16H,5-6H2,1-4H3. The number of esters is 1. The molecular formula is C15H23NO3. The van der Waals surface area contributed by atoms with Gasteiger partial charge in [0, 0.05) is 6.04 Å². The molecule has 0 spiro atoms. The smallest absolute Gasteiger partial charge is 0.327 e. The molecule has 4 nitrogen and oxygen atoms in total. The van der Waals surface area contributed by atoms with Crippen LogP contribution in [-0.2, 0) is 9.53 Å². The third-order valence-corrected chi connectivity index (χ3v) is 2.52. The van der Waals surface area contributed by atoms with E-state index in [1.54, 1.807) is 6.92 Å². The SMILES string of the molecule is CCOC(=O)C(NC(C)C)c1cccc(OCC)c1. The Labute approximate surface area is 115 Å². The van der Waals surface area contributed by atoms with Gasteiger partial charge >= 0.3 is 5.97 Å². The Morgan fingerprint density at radius 1 is 1.26 bits per heavy atom. The lowest BCUT2D eigenvalue weighted by Gasteiger charge is -2.20. The second-order valence-corrected chi connectivity index (χ2v) is 4.51. The van der Waals surface area contributed by atoms with Gasteiger partial charge in [0.15, 0.2) is 0 Å². The largest absolute Gasteiger partial charge is 0.494 e. The summed E-state index contributed by atoms with van der Waals surface area (Å²) in [5.74, 6) is 0.504. The van der Waals surface area contributed by atoms with Crippen molar-refractivity contribution in [3.8, 4) is 5.75 Å². The summed E-state index contributed by atoms with van der Waals surface area (Å²) < 4.78 is 10.6. The van der Waals surface area contributed by atoms with Crippen molar-refractivity contribution in [1.82, 2.24) is 5.32 Å². The van der Waals surface area contributed by atoms with Crippen molar-refractivity contribution in [2.45, 2.75) is 39.8 Å². The average molecular weight is 265 g/mol. The Hall–Kier alpha value is -1.55. The summed E-state index contributed by atoms with van der Waals surface area (Å²) in [5.41, 5.74) is 0.859. The van der Waals surface area contributed by atoms with E-state index < -0.39 is 6.04 Å². The van der Waals surface area contributed by atoms with E-state index in [0.717, 1.165) is 11.3 Å². The highest BCUT2D eigenvalue weighted by Gasteiger charge is 2.22. The molecule has 106 valence electrons. The maximum absolute atomic E-state index is 12.0. The molecule has 0 heterocycles. The number of carbonyl (C=O) groups is 1. The quantitative estimate of drug-likeness (QED) is 0.770. The van der Waals surface area contributed by atoms with Crippen molar-refractivity contribution in [3.05, 3.63) is 29.8 Å². The molecule has 1 aromatic carbocycles. The van der Waals surface area contributed by atoms with Crippen LogP contribution in [0.1, 0.15) is 39.3 Å². The Bertz CT molecular complexity index is 404. The van der Waals surface area contributed by atoms with Gasteiger partial charge in [-0.25, -0.2) is 4.79 Å². The first kappa shape index (κ1) is 15.5.